The molecule has 164 valence electrons. The fourth-order valence-corrected chi connectivity index (χ4v) is 4.35. The molecular weight excluding hydrogens is 403 g/mol. The van der Waals surface area contributed by atoms with Crippen LogP contribution in [0.1, 0.15) is 49.9 Å². The second-order valence-corrected chi connectivity index (χ2v) is 9.60. The first-order valence-corrected chi connectivity index (χ1v) is 11.2. The number of piperidine rings is 1. The van der Waals surface area contributed by atoms with Gasteiger partial charge in [-0.05, 0) is 30.5 Å². The van der Waals surface area contributed by atoms with Crippen molar-refractivity contribution in [3.8, 4) is 5.75 Å². The maximum atomic E-state index is 13.9. The molecule has 1 aromatic carbocycles. The zero-order valence-corrected chi connectivity index (χ0v) is 18.9. The predicted octanol–water partition coefficient (Wildman–Crippen LogP) is 4.05. The molecule has 0 bridgehead atoms. The van der Waals surface area contributed by atoms with Crippen molar-refractivity contribution in [2.75, 3.05) is 20.2 Å². The van der Waals surface area contributed by atoms with E-state index in [1.165, 1.54) is 13.2 Å². The van der Waals surface area contributed by atoms with Crippen molar-refractivity contribution in [2.24, 2.45) is 0 Å². The number of amides is 2. The van der Waals surface area contributed by atoms with E-state index in [4.69, 9.17) is 4.74 Å². The number of benzene rings is 1. The number of hydrogen-bond donors (Lipinski definition) is 2. The largest absolute Gasteiger partial charge is 0.494 e. The van der Waals surface area contributed by atoms with Crippen LogP contribution in [0.5, 0.6) is 5.75 Å². The number of ether oxygens (including phenoxy) is 1. The normalized spacial score (nSPS) is 15.8. The van der Waals surface area contributed by atoms with Crippen molar-refractivity contribution in [3.63, 3.8) is 0 Å². The minimum atomic E-state index is -0.335. The van der Waals surface area contributed by atoms with Crippen molar-refractivity contribution in [1.82, 2.24) is 20.5 Å². The van der Waals surface area contributed by atoms with Crippen LogP contribution >= 0.6 is 11.3 Å². The summed E-state index contributed by atoms with van der Waals surface area (Å²) in [7, 11) is 1.46. The Morgan fingerprint density at radius 1 is 1.33 bits per heavy atom. The van der Waals surface area contributed by atoms with Crippen LogP contribution in [0.15, 0.2) is 23.6 Å². The highest BCUT2D eigenvalue weighted by atomic mass is 32.1. The average Bonchev–Trinajstić information content (AvgIpc) is 3.18. The highest BCUT2D eigenvalue weighted by molar-refractivity contribution is 7.09. The molecule has 2 N–H and O–H groups in total. The van der Waals surface area contributed by atoms with Gasteiger partial charge in [0.15, 0.2) is 11.6 Å². The summed E-state index contributed by atoms with van der Waals surface area (Å²) >= 11 is 1.63. The Hall–Kier alpha value is -2.19. The number of thiazole rings is 1. The molecule has 1 aliphatic rings. The van der Waals surface area contributed by atoms with E-state index in [1.54, 1.807) is 17.4 Å². The minimum Gasteiger partial charge on any atom is -0.494 e. The molecule has 0 saturated carbocycles. The standard InChI is InChI=1S/C22H31FN4O2S/c1-22(2,3)20-25-17(14-30-20)12-24-21(28)26-16-7-9-27(10-8-16)13-15-5-6-19(29-4)18(23)11-15/h5-6,11,14,16H,7-10,12-13H2,1-4H3,(H2,24,26,28). The lowest BCUT2D eigenvalue weighted by Crippen LogP contribution is -2.47. The number of nitrogens with one attached hydrogen (secondary N) is 2. The van der Waals surface area contributed by atoms with E-state index < -0.39 is 0 Å². The van der Waals surface area contributed by atoms with E-state index in [0.29, 0.717) is 13.1 Å². The number of hydrogen-bond acceptors (Lipinski definition) is 5. The SMILES string of the molecule is COc1ccc(CN2CCC(NC(=O)NCc3csc(C(C)(C)C)n3)CC2)cc1F. The maximum absolute atomic E-state index is 13.9. The summed E-state index contributed by atoms with van der Waals surface area (Å²) in [4.78, 5) is 19.1. The Balaban J connectivity index is 1.39. The lowest BCUT2D eigenvalue weighted by molar-refractivity contribution is 0.186. The van der Waals surface area contributed by atoms with Crippen molar-refractivity contribution in [3.05, 3.63) is 45.7 Å². The van der Waals surface area contributed by atoms with Crippen LogP contribution in [0, 0.1) is 5.82 Å². The van der Waals surface area contributed by atoms with E-state index in [-0.39, 0.29) is 29.1 Å². The topological polar surface area (TPSA) is 66.5 Å². The molecule has 1 saturated heterocycles. The molecule has 6 nitrogen and oxygen atoms in total. The molecule has 0 atom stereocenters. The van der Waals surface area contributed by atoms with Crippen molar-refractivity contribution >= 4 is 17.4 Å². The monoisotopic (exact) mass is 434 g/mol. The van der Waals surface area contributed by atoms with Gasteiger partial charge >= 0.3 is 6.03 Å². The molecule has 2 aromatic rings. The van der Waals surface area contributed by atoms with E-state index in [1.807, 2.05) is 11.4 Å². The van der Waals surface area contributed by atoms with Crippen LogP contribution in [0.25, 0.3) is 0 Å². The van der Waals surface area contributed by atoms with Gasteiger partial charge in [-0.25, -0.2) is 14.2 Å². The molecule has 1 aliphatic heterocycles. The maximum Gasteiger partial charge on any atom is 0.315 e. The summed E-state index contributed by atoms with van der Waals surface area (Å²) in [6.07, 6.45) is 1.74. The molecule has 0 spiro atoms. The average molecular weight is 435 g/mol. The molecule has 1 fully saturated rings. The first-order valence-electron chi connectivity index (χ1n) is 10.3. The van der Waals surface area contributed by atoms with E-state index in [0.717, 1.165) is 42.2 Å². The van der Waals surface area contributed by atoms with E-state index in [9.17, 15) is 9.18 Å². The van der Waals surface area contributed by atoms with Gasteiger partial charge in [0.05, 0.1) is 24.4 Å². The summed E-state index contributed by atoms with van der Waals surface area (Å²) in [5, 5.41) is 9.04. The smallest absolute Gasteiger partial charge is 0.315 e. The van der Waals surface area contributed by atoms with Gasteiger partial charge in [-0.15, -0.1) is 11.3 Å². The Morgan fingerprint density at radius 3 is 2.67 bits per heavy atom. The first kappa shape index (κ1) is 22.5. The van der Waals surface area contributed by atoms with Gasteiger partial charge in [-0.2, -0.15) is 0 Å². The zero-order valence-electron chi connectivity index (χ0n) is 18.1. The molecule has 0 unspecified atom stereocenters. The third-order valence-electron chi connectivity index (χ3n) is 5.17. The molecule has 2 heterocycles. The van der Waals surface area contributed by atoms with Gasteiger partial charge in [0.2, 0.25) is 0 Å². The van der Waals surface area contributed by atoms with Crippen molar-refractivity contribution < 1.29 is 13.9 Å². The van der Waals surface area contributed by atoms with Gasteiger partial charge in [0.25, 0.3) is 0 Å². The lowest BCUT2D eigenvalue weighted by atomic mass is 9.98. The van der Waals surface area contributed by atoms with Crippen LogP contribution in [-0.2, 0) is 18.5 Å². The number of nitrogens with zero attached hydrogens (tertiary/aromatic N) is 2. The van der Waals surface area contributed by atoms with Crippen LogP contribution < -0.4 is 15.4 Å². The number of halogens is 1. The van der Waals surface area contributed by atoms with Crippen LogP contribution in [0.4, 0.5) is 9.18 Å². The van der Waals surface area contributed by atoms with E-state index in [2.05, 4.69) is 41.3 Å². The number of carbonyl (C=O) groups excluding carboxylic acids is 1. The molecule has 0 radical (unpaired) electrons. The second-order valence-electron chi connectivity index (χ2n) is 8.74. The van der Waals surface area contributed by atoms with Gasteiger partial charge < -0.3 is 15.4 Å². The van der Waals surface area contributed by atoms with Crippen LogP contribution in [0.3, 0.4) is 0 Å². The summed E-state index contributed by atoms with van der Waals surface area (Å²) in [6.45, 7) is 9.24. The summed E-state index contributed by atoms with van der Waals surface area (Å²) in [5.74, 6) is -0.0714. The summed E-state index contributed by atoms with van der Waals surface area (Å²) in [5.41, 5.74) is 1.84. The molecule has 0 aliphatic carbocycles. The van der Waals surface area contributed by atoms with Crippen LogP contribution in [0.2, 0.25) is 0 Å². The predicted molar refractivity (Wildman–Crippen MR) is 117 cm³/mol. The number of carbonyl (C=O) groups is 1. The number of aromatic nitrogens is 1. The zero-order chi connectivity index (χ0) is 21.7. The highest BCUT2D eigenvalue weighted by Gasteiger charge is 2.22. The summed E-state index contributed by atoms with van der Waals surface area (Å²) < 4.78 is 18.8. The number of urea groups is 1. The first-order chi connectivity index (χ1) is 14.2. The summed E-state index contributed by atoms with van der Waals surface area (Å²) in [6, 6.07) is 5.07. The molecular formula is C22H31FN4O2S. The van der Waals surface area contributed by atoms with Gasteiger partial charge in [-0.1, -0.05) is 26.8 Å². The molecule has 8 heteroatoms. The quantitative estimate of drug-likeness (QED) is 0.720. The Morgan fingerprint density at radius 2 is 2.07 bits per heavy atom. The third kappa shape index (κ3) is 6.15. The minimum absolute atomic E-state index is 0.0245. The third-order valence-corrected chi connectivity index (χ3v) is 6.49. The molecule has 1 aromatic heterocycles. The van der Waals surface area contributed by atoms with Crippen molar-refractivity contribution in [1.29, 1.82) is 0 Å². The molecule has 3 rings (SSSR count). The number of rotatable bonds is 6. The number of likely N-dealkylation sites (tertiary alicyclic amines) is 1. The Kier molecular flexibility index (Phi) is 7.31. The van der Waals surface area contributed by atoms with Crippen LogP contribution in [-0.4, -0.2) is 42.2 Å². The van der Waals surface area contributed by atoms with E-state index >= 15 is 0 Å². The van der Waals surface area contributed by atoms with Gasteiger partial charge in [0, 0.05) is 36.5 Å². The number of methoxy groups -OCH3 is 1. The lowest BCUT2D eigenvalue weighted by Gasteiger charge is -2.32. The highest BCUT2D eigenvalue weighted by Crippen LogP contribution is 2.25. The van der Waals surface area contributed by atoms with Gasteiger partial charge in [0.1, 0.15) is 0 Å². The second kappa shape index (κ2) is 9.75. The Bertz CT molecular complexity index is 857. The fraction of sp³-hybridized carbons (Fsp3) is 0.545. The fourth-order valence-electron chi connectivity index (χ4n) is 3.44. The van der Waals surface area contributed by atoms with Gasteiger partial charge in [-0.3, -0.25) is 4.90 Å². The van der Waals surface area contributed by atoms with Crippen molar-refractivity contribution in [2.45, 2.75) is 58.2 Å². The Labute approximate surface area is 181 Å². The molecule has 30 heavy (non-hydrogen) atoms. The molecule has 2 amide bonds.